The van der Waals surface area contributed by atoms with E-state index in [4.69, 9.17) is 18.5 Å². The van der Waals surface area contributed by atoms with E-state index in [1.165, 1.54) is 103 Å². The van der Waals surface area contributed by atoms with E-state index in [1.54, 1.807) is 0 Å². The molecule has 0 fully saturated rings. The van der Waals surface area contributed by atoms with Crippen molar-refractivity contribution in [2.45, 2.75) is 219 Å². The minimum Gasteiger partial charge on any atom is -0.462 e. The number of phosphoric ester groups is 1. The lowest BCUT2D eigenvalue weighted by molar-refractivity contribution is -0.870. The van der Waals surface area contributed by atoms with Crippen LogP contribution < -0.4 is 0 Å². The van der Waals surface area contributed by atoms with E-state index >= 15 is 0 Å². The molecule has 0 saturated carbocycles. The van der Waals surface area contributed by atoms with Gasteiger partial charge in [0.2, 0.25) is 0 Å². The Morgan fingerprint density at radius 3 is 1.31 bits per heavy atom. The van der Waals surface area contributed by atoms with Crippen LogP contribution in [0.25, 0.3) is 0 Å². The Hall–Kier alpha value is -2.55. The van der Waals surface area contributed by atoms with Crippen molar-refractivity contribution < 1.29 is 42.1 Å². The molecule has 65 heavy (non-hydrogen) atoms. The molecule has 2 atom stereocenters. The molecule has 0 radical (unpaired) electrons. The first-order valence-corrected chi connectivity index (χ1v) is 27.7. The highest BCUT2D eigenvalue weighted by Crippen LogP contribution is 2.43. The maximum absolute atomic E-state index is 12.7. The number of nitrogens with zero attached hydrogens (tertiary/aromatic N) is 1. The van der Waals surface area contributed by atoms with Crippen LogP contribution in [0.5, 0.6) is 0 Å². The molecule has 0 aliphatic heterocycles. The fourth-order valence-electron chi connectivity index (χ4n) is 6.96. The fourth-order valence-corrected chi connectivity index (χ4v) is 7.70. The molecule has 10 heteroatoms. The second-order valence-electron chi connectivity index (χ2n) is 18.5. The molecule has 0 heterocycles. The zero-order valence-electron chi connectivity index (χ0n) is 42.5. The number of phosphoric acid groups is 1. The summed E-state index contributed by atoms with van der Waals surface area (Å²) in [6.45, 7) is 4.28. The lowest BCUT2D eigenvalue weighted by Gasteiger charge is -2.24. The molecule has 376 valence electrons. The number of allylic oxidation sites excluding steroid dienone is 12. The van der Waals surface area contributed by atoms with Crippen LogP contribution in [0.3, 0.4) is 0 Å². The summed E-state index contributed by atoms with van der Waals surface area (Å²) in [6, 6.07) is 0. The van der Waals surface area contributed by atoms with Gasteiger partial charge in [-0.05, 0) is 64.2 Å². The van der Waals surface area contributed by atoms with Gasteiger partial charge in [-0.3, -0.25) is 18.6 Å². The van der Waals surface area contributed by atoms with Gasteiger partial charge in [-0.25, -0.2) is 4.57 Å². The molecular weight excluding hydrogens is 834 g/mol. The molecule has 2 unspecified atom stereocenters. The first kappa shape index (κ1) is 62.4. The summed E-state index contributed by atoms with van der Waals surface area (Å²) in [5.41, 5.74) is 0. The Kier molecular flexibility index (Phi) is 44.7. The van der Waals surface area contributed by atoms with Gasteiger partial charge in [0.05, 0.1) is 27.7 Å². The fraction of sp³-hybridized carbons (Fsp3) is 0.745. The Labute approximate surface area is 399 Å². The summed E-state index contributed by atoms with van der Waals surface area (Å²) in [7, 11) is 1.47. The molecule has 0 aliphatic rings. The van der Waals surface area contributed by atoms with Crippen molar-refractivity contribution in [1.82, 2.24) is 0 Å². The van der Waals surface area contributed by atoms with Crippen LogP contribution in [-0.4, -0.2) is 74.9 Å². The van der Waals surface area contributed by atoms with Crippen LogP contribution in [0, 0.1) is 0 Å². The first-order chi connectivity index (χ1) is 31.5. The molecule has 0 saturated heterocycles. The second-order valence-corrected chi connectivity index (χ2v) is 20.0. The monoisotopic (exact) mass is 933 g/mol. The molecule has 0 rings (SSSR count). The zero-order chi connectivity index (χ0) is 47.8. The minimum absolute atomic E-state index is 0.0308. The van der Waals surface area contributed by atoms with Crippen LogP contribution in [0.4, 0.5) is 0 Å². The Morgan fingerprint density at radius 1 is 0.492 bits per heavy atom. The maximum Gasteiger partial charge on any atom is 0.472 e. The van der Waals surface area contributed by atoms with Crippen LogP contribution in [0.2, 0.25) is 0 Å². The summed E-state index contributed by atoms with van der Waals surface area (Å²) in [5, 5.41) is 0. The quantitative estimate of drug-likeness (QED) is 0.0211. The predicted molar refractivity (Wildman–Crippen MR) is 275 cm³/mol. The number of ether oxygens (including phenoxy) is 2. The van der Waals surface area contributed by atoms with Gasteiger partial charge in [0.25, 0.3) is 0 Å². The molecule has 0 aromatic rings. The standard InChI is InChI=1S/C55H98NO8P/c1-6-8-10-12-14-16-17-18-19-20-21-22-23-24-25-26-27-28-29-30-31-32-33-34-35-36-37-38-39-40-42-44-46-48-55(58)64-53(52-63-65(59,60)62-50-49-56(3,4)5)51-61-54(57)47-45-43-41-15-13-11-9-7-2/h8,10,14,16,18-19,21-22,24-25,27-28,53H,6-7,9,11-13,15,17,20,23,26,29-52H2,1-5H3/p+1/b10-8-,16-14-,19-18-,22-21-,25-24-,28-27-. The summed E-state index contributed by atoms with van der Waals surface area (Å²) in [6.07, 6.45) is 59.9. The summed E-state index contributed by atoms with van der Waals surface area (Å²) < 4.78 is 34.3. The van der Waals surface area contributed by atoms with Crippen molar-refractivity contribution in [3.05, 3.63) is 72.9 Å². The number of quaternary nitrogens is 1. The molecule has 9 nitrogen and oxygen atoms in total. The van der Waals surface area contributed by atoms with Crippen molar-refractivity contribution in [3.8, 4) is 0 Å². The average Bonchev–Trinajstić information content (AvgIpc) is 3.26. The number of carbonyl (C=O) groups is 2. The summed E-state index contributed by atoms with van der Waals surface area (Å²) >= 11 is 0. The lowest BCUT2D eigenvalue weighted by atomic mass is 10.0. The van der Waals surface area contributed by atoms with Gasteiger partial charge < -0.3 is 18.9 Å². The van der Waals surface area contributed by atoms with Crippen molar-refractivity contribution in [3.63, 3.8) is 0 Å². The highest BCUT2D eigenvalue weighted by molar-refractivity contribution is 7.47. The van der Waals surface area contributed by atoms with E-state index in [1.807, 2.05) is 21.1 Å². The van der Waals surface area contributed by atoms with Gasteiger partial charge in [-0.15, -0.1) is 0 Å². The van der Waals surface area contributed by atoms with Crippen LogP contribution in [0.1, 0.15) is 213 Å². The third-order valence-corrected chi connectivity index (χ3v) is 12.0. The van der Waals surface area contributed by atoms with Gasteiger partial charge in [-0.1, -0.05) is 209 Å². The minimum atomic E-state index is -4.37. The van der Waals surface area contributed by atoms with Gasteiger partial charge in [-0.2, -0.15) is 0 Å². The van der Waals surface area contributed by atoms with Crippen molar-refractivity contribution >= 4 is 19.8 Å². The van der Waals surface area contributed by atoms with Crippen molar-refractivity contribution in [2.75, 3.05) is 47.5 Å². The third-order valence-electron chi connectivity index (χ3n) is 11.0. The maximum atomic E-state index is 12.7. The third kappa shape index (κ3) is 50.7. The number of esters is 2. The largest absolute Gasteiger partial charge is 0.472 e. The topological polar surface area (TPSA) is 108 Å². The lowest BCUT2D eigenvalue weighted by Crippen LogP contribution is -2.37. The second kappa shape index (κ2) is 46.6. The highest BCUT2D eigenvalue weighted by Gasteiger charge is 2.27. The Balaban J connectivity index is 4.00. The zero-order valence-corrected chi connectivity index (χ0v) is 43.3. The number of hydrogen-bond acceptors (Lipinski definition) is 7. The van der Waals surface area contributed by atoms with E-state index in [9.17, 15) is 19.0 Å². The molecule has 0 amide bonds. The Bertz CT molecular complexity index is 1330. The van der Waals surface area contributed by atoms with E-state index in [0.717, 1.165) is 77.0 Å². The SMILES string of the molecule is CC/C=C\C/C=C\C/C=C\C/C=C\C/C=C\C/C=C\CCCCCCCCCCCCCCCCC(=O)OC(COC(=O)CCCCCCCCCC)COP(=O)(O)OCC[N+](C)(C)C. The molecule has 0 aromatic carbocycles. The smallest absolute Gasteiger partial charge is 0.462 e. The normalized spacial score (nSPS) is 14.0. The molecule has 0 aromatic heterocycles. The van der Waals surface area contributed by atoms with Crippen molar-refractivity contribution in [1.29, 1.82) is 0 Å². The van der Waals surface area contributed by atoms with Crippen LogP contribution in [-0.2, 0) is 32.7 Å². The molecule has 0 bridgehead atoms. The number of unbranched alkanes of at least 4 members (excludes halogenated alkanes) is 21. The van der Waals surface area contributed by atoms with E-state index in [0.29, 0.717) is 17.4 Å². The van der Waals surface area contributed by atoms with Gasteiger partial charge >= 0.3 is 19.8 Å². The van der Waals surface area contributed by atoms with Crippen LogP contribution >= 0.6 is 7.82 Å². The number of rotatable bonds is 47. The molecule has 0 aliphatic carbocycles. The van der Waals surface area contributed by atoms with Crippen molar-refractivity contribution in [2.24, 2.45) is 0 Å². The Morgan fingerprint density at radius 2 is 0.877 bits per heavy atom. The number of hydrogen-bond donors (Lipinski definition) is 1. The summed E-state index contributed by atoms with van der Waals surface area (Å²) in [5.74, 6) is -0.802. The van der Waals surface area contributed by atoms with Gasteiger partial charge in [0.1, 0.15) is 19.8 Å². The molecular formula is C55H99NO8P+. The van der Waals surface area contributed by atoms with E-state index in [2.05, 4.69) is 86.8 Å². The first-order valence-electron chi connectivity index (χ1n) is 26.2. The summed E-state index contributed by atoms with van der Waals surface area (Å²) in [4.78, 5) is 35.3. The van der Waals surface area contributed by atoms with E-state index < -0.39 is 26.5 Å². The van der Waals surface area contributed by atoms with Gasteiger partial charge in [0, 0.05) is 12.8 Å². The number of carbonyl (C=O) groups excluding carboxylic acids is 2. The predicted octanol–water partition coefficient (Wildman–Crippen LogP) is 15.8. The van der Waals surface area contributed by atoms with Gasteiger partial charge in [0.15, 0.2) is 6.10 Å². The van der Waals surface area contributed by atoms with E-state index in [-0.39, 0.29) is 32.0 Å². The average molecular weight is 933 g/mol. The highest BCUT2D eigenvalue weighted by atomic mass is 31.2. The molecule has 0 spiro atoms. The molecule has 1 N–H and O–H groups in total. The van der Waals surface area contributed by atoms with Crippen LogP contribution in [0.15, 0.2) is 72.9 Å². The number of likely N-dealkylation sites (N-methyl/N-ethyl adjacent to an activating group) is 1.